The molecule has 0 aliphatic heterocycles. The second kappa shape index (κ2) is 4.58. The Balaban J connectivity index is 2.12. The van der Waals surface area contributed by atoms with E-state index in [-0.39, 0.29) is 11.0 Å². The standard InChI is InChI=1S/C17H19N3O/c1-11-10-20(19-16(11)17(2,3)4)13-6-7-14-12(9-13)5-8-15(21)18-14/h5-10H,1-4H3,(H,18,21). The van der Waals surface area contributed by atoms with E-state index in [4.69, 9.17) is 5.10 Å². The molecule has 0 atom stereocenters. The molecule has 2 aromatic heterocycles. The Kier molecular flexibility index (Phi) is 2.97. The van der Waals surface area contributed by atoms with E-state index in [1.165, 1.54) is 5.56 Å². The second-order valence-corrected chi connectivity index (χ2v) is 6.45. The zero-order valence-corrected chi connectivity index (χ0v) is 12.8. The van der Waals surface area contributed by atoms with Crippen molar-refractivity contribution in [3.63, 3.8) is 0 Å². The fourth-order valence-corrected chi connectivity index (χ4v) is 2.62. The van der Waals surface area contributed by atoms with E-state index in [2.05, 4.69) is 32.7 Å². The van der Waals surface area contributed by atoms with Gasteiger partial charge in [-0.2, -0.15) is 5.10 Å². The van der Waals surface area contributed by atoms with Gasteiger partial charge < -0.3 is 4.98 Å². The van der Waals surface area contributed by atoms with Crippen molar-refractivity contribution in [3.05, 3.63) is 58.1 Å². The van der Waals surface area contributed by atoms with E-state index in [0.29, 0.717) is 0 Å². The van der Waals surface area contributed by atoms with Gasteiger partial charge in [-0.1, -0.05) is 20.8 Å². The highest BCUT2D eigenvalue weighted by atomic mass is 16.1. The fourth-order valence-electron chi connectivity index (χ4n) is 2.62. The Bertz CT molecular complexity index is 866. The minimum absolute atomic E-state index is 0.0252. The maximum absolute atomic E-state index is 11.3. The van der Waals surface area contributed by atoms with Gasteiger partial charge in [0, 0.05) is 28.6 Å². The quantitative estimate of drug-likeness (QED) is 0.744. The molecule has 0 spiro atoms. The topological polar surface area (TPSA) is 50.7 Å². The van der Waals surface area contributed by atoms with Crippen LogP contribution in [0.3, 0.4) is 0 Å². The number of rotatable bonds is 1. The lowest BCUT2D eigenvalue weighted by atomic mass is 9.90. The van der Waals surface area contributed by atoms with Crippen LogP contribution in [0.2, 0.25) is 0 Å². The van der Waals surface area contributed by atoms with E-state index in [1.54, 1.807) is 6.07 Å². The molecule has 0 saturated carbocycles. The van der Waals surface area contributed by atoms with E-state index in [9.17, 15) is 4.79 Å². The van der Waals surface area contributed by atoms with Gasteiger partial charge in [-0.05, 0) is 36.8 Å². The molecule has 0 saturated heterocycles. The van der Waals surface area contributed by atoms with Crippen molar-refractivity contribution in [3.8, 4) is 5.69 Å². The third-order valence-electron chi connectivity index (χ3n) is 3.58. The number of hydrogen-bond acceptors (Lipinski definition) is 2. The van der Waals surface area contributed by atoms with E-state index >= 15 is 0 Å². The Labute approximate surface area is 123 Å². The number of pyridine rings is 1. The van der Waals surface area contributed by atoms with Gasteiger partial charge >= 0.3 is 0 Å². The smallest absolute Gasteiger partial charge is 0.248 e. The number of aromatic nitrogens is 3. The van der Waals surface area contributed by atoms with Crippen LogP contribution < -0.4 is 5.56 Å². The Morgan fingerprint density at radius 3 is 2.57 bits per heavy atom. The molecule has 0 radical (unpaired) electrons. The molecule has 4 heteroatoms. The molecule has 0 bridgehead atoms. The molecule has 4 nitrogen and oxygen atoms in total. The first-order valence-electron chi connectivity index (χ1n) is 7.05. The van der Waals surface area contributed by atoms with Crippen molar-refractivity contribution in [2.45, 2.75) is 33.1 Å². The molecular weight excluding hydrogens is 262 g/mol. The normalized spacial score (nSPS) is 12.0. The minimum atomic E-state index is -0.0831. The average Bonchev–Trinajstić information content (AvgIpc) is 2.80. The van der Waals surface area contributed by atoms with Crippen LogP contribution in [0, 0.1) is 6.92 Å². The Morgan fingerprint density at radius 1 is 1.14 bits per heavy atom. The summed E-state index contributed by atoms with van der Waals surface area (Å²) in [6, 6.07) is 9.29. The summed E-state index contributed by atoms with van der Waals surface area (Å²) in [5, 5.41) is 5.72. The first-order valence-corrected chi connectivity index (χ1v) is 7.05. The summed E-state index contributed by atoms with van der Waals surface area (Å²) in [6.45, 7) is 8.58. The van der Waals surface area contributed by atoms with Crippen molar-refractivity contribution in [1.82, 2.24) is 14.8 Å². The van der Waals surface area contributed by atoms with Gasteiger partial charge in [0.05, 0.1) is 11.4 Å². The molecule has 2 heterocycles. The highest BCUT2D eigenvalue weighted by molar-refractivity contribution is 5.80. The zero-order chi connectivity index (χ0) is 15.2. The van der Waals surface area contributed by atoms with Gasteiger partial charge in [0.2, 0.25) is 5.56 Å². The zero-order valence-electron chi connectivity index (χ0n) is 12.8. The van der Waals surface area contributed by atoms with Crippen LogP contribution in [0.5, 0.6) is 0 Å². The summed E-state index contributed by atoms with van der Waals surface area (Å²) in [4.78, 5) is 14.1. The molecule has 108 valence electrons. The summed E-state index contributed by atoms with van der Waals surface area (Å²) >= 11 is 0. The highest BCUT2D eigenvalue weighted by Gasteiger charge is 2.20. The number of H-pyrrole nitrogens is 1. The first-order chi connectivity index (χ1) is 9.84. The molecule has 3 aromatic rings. The van der Waals surface area contributed by atoms with Gasteiger partial charge in [-0.25, -0.2) is 4.68 Å². The summed E-state index contributed by atoms with van der Waals surface area (Å²) < 4.78 is 1.90. The molecular formula is C17H19N3O. The summed E-state index contributed by atoms with van der Waals surface area (Å²) in [7, 11) is 0. The second-order valence-electron chi connectivity index (χ2n) is 6.45. The largest absolute Gasteiger partial charge is 0.322 e. The summed E-state index contributed by atoms with van der Waals surface area (Å²) in [5.41, 5.74) is 4.06. The van der Waals surface area contributed by atoms with Gasteiger partial charge in [-0.15, -0.1) is 0 Å². The van der Waals surface area contributed by atoms with Gasteiger partial charge in [0.25, 0.3) is 0 Å². The lowest BCUT2D eigenvalue weighted by molar-refractivity contribution is 0.557. The monoisotopic (exact) mass is 281 g/mol. The molecule has 21 heavy (non-hydrogen) atoms. The molecule has 1 N–H and O–H groups in total. The predicted octanol–water partition coefficient (Wildman–Crippen LogP) is 3.32. The molecule has 0 unspecified atom stereocenters. The number of nitrogens with zero attached hydrogens (tertiary/aromatic N) is 2. The number of fused-ring (bicyclic) bond motifs is 1. The number of hydrogen-bond donors (Lipinski definition) is 1. The number of aryl methyl sites for hydroxylation is 1. The molecule has 3 rings (SSSR count). The highest BCUT2D eigenvalue weighted by Crippen LogP contribution is 2.25. The van der Waals surface area contributed by atoms with Crippen molar-refractivity contribution in [1.29, 1.82) is 0 Å². The van der Waals surface area contributed by atoms with Crippen LogP contribution in [0.25, 0.3) is 16.6 Å². The number of nitrogens with one attached hydrogen (secondary N) is 1. The van der Waals surface area contributed by atoms with Gasteiger partial charge in [-0.3, -0.25) is 4.79 Å². The summed E-state index contributed by atoms with van der Waals surface area (Å²) in [6.07, 6.45) is 2.05. The first kappa shape index (κ1) is 13.6. The Morgan fingerprint density at radius 2 is 1.90 bits per heavy atom. The third-order valence-corrected chi connectivity index (χ3v) is 3.58. The van der Waals surface area contributed by atoms with E-state index in [0.717, 1.165) is 22.3 Å². The fraction of sp³-hybridized carbons (Fsp3) is 0.294. The van der Waals surface area contributed by atoms with Crippen LogP contribution in [-0.2, 0) is 5.41 Å². The van der Waals surface area contributed by atoms with Crippen LogP contribution >= 0.6 is 0 Å². The van der Waals surface area contributed by atoms with Crippen LogP contribution in [0.4, 0.5) is 0 Å². The predicted molar refractivity (Wildman–Crippen MR) is 85.1 cm³/mol. The van der Waals surface area contributed by atoms with Crippen molar-refractivity contribution >= 4 is 10.9 Å². The maximum atomic E-state index is 11.3. The van der Waals surface area contributed by atoms with Crippen LogP contribution in [-0.4, -0.2) is 14.8 Å². The lowest BCUT2D eigenvalue weighted by Gasteiger charge is -2.16. The van der Waals surface area contributed by atoms with Crippen molar-refractivity contribution in [2.24, 2.45) is 0 Å². The molecule has 0 aliphatic rings. The average molecular weight is 281 g/mol. The van der Waals surface area contributed by atoms with E-state index < -0.39 is 0 Å². The van der Waals surface area contributed by atoms with Crippen molar-refractivity contribution < 1.29 is 0 Å². The molecule has 0 fully saturated rings. The van der Waals surface area contributed by atoms with Crippen LogP contribution in [0.15, 0.2) is 41.3 Å². The lowest BCUT2D eigenvalue weighted by Crippen LogP contribution is -2.14. The third kappa shape index (κ3) is 2.49. The molecule has 1 aromatic carbocycles. The minimum Gasteiger partial charge on any atom is -0.322 e. The summed E-state index contributed by atoms with van der Waals surface area (Å²) in [5.74, 6) is 0. The number of aromatic amines is 1. The van der Waals surface area contributed by atoms with Gasteiger partial charge in [0.1, 0.15) is 0 Å². The maximum Gasteiger partial charge on any atom is 0.248 e. The van der Waals surface area contributed by atoms with Crippen molar-refractivity contribution in [2.75, 3.05) is 0 Å². The Hall–Kier alpha value is -2.36. The van der Waals surface area contributed by atoms with Crippen LogP contribution in [0.1, 0.15) is 32.0 Å². The number of benzene rings is 1. The van der Waals surface area contributed by atoms with Gasteiger partial charge in [0.15, 0.2) is 0 Å². The SMILES string of the molecule is Cc1cn(-c2ccc3[nH]c(=O)ccc3c2)nc1C(C)(C)C. The molecule has 0 aliphatic carbocycles. The van der Waals surface area contributed by atoms with E-state index in [1.807, 2.05) is 35.1 Å². The molecule has 0 amide bonds.